The van der Waals surface area contributed by atoms with Crippen molar-refractivity contribution < 1.29 is 93.1 Å². The van der Waals surface area contributed by atoms with E-state index < -0.39 is 28.7 Å². The molecule has 0 saturated carbocycles. The van der Waals surface area contributed by atoms with Crippen molar-refractivity contribution >= 4 is 17.9 Å². The molecule has 0 radical (unpaired) electrons. The van der Waals surface area contributed by atoms with Crippen LogP contribution < -0.4 is 0 Å². The molecule has 0 aliphatic heterocycles. The molecule has 0 aromatic heterocycles. The number of aliphatic hydroxyl groups is 5. The molecule has 0 amide bonds. The molecule has 0 bridgehead atoms. The smallest absolute Gasteiger partial charge is 0.305 e. The second-order valence-corrected chi connectivity index (χ2v) is 12.2. The molecule has 19 heteroatoms. The molecule has 19 nitrogen and oxygen atoms in total. The maximum Gasteiger partial charge on any atom is 0.305 e. The van der Waals surface area contributed by atoms with Crippen molar-refractivity contribution in [1.29, 1.82) is 0 Å². The second kappa shape index (κ2) is 53.9. The van der Waals surface area contributed by atoms with E-state index in [-0.39, 0.29) is 170 Å². The standard InChI is InChI=1S/C17H32O10.C17H34O9.6CH4/c18-5-1-7-24-11-17(12-25-8-2-6-19,13-26-9-3-15(20)21)14-27-10-4-16(22)23;18-5-1-8-23-12-17(13-24-9-2-6-19,14-25-10-3-7-20)15-26-11-4-16(21)22;;;;;;/h18-19H,1-14H2,(H,20,21)(H,22,23);18-20H,1-15H2,(H,21,22);6*1H4. The molecular formula is C40H90O19. The molecular weight excluding hydrogens is 784 g/mol. The molecule has 59 heavy (non-hydrogen) atoms. The zero-order valence-corrected chi connectivity index (χ0v) is 31.1. The van der Waals surface area contributed by atoms with Crippen LogP contribution in [-0.2, 0) is 52.3 Å². The Bertz CT molecular complexity index is 783. The van der Waals surface area contributed by atoms with E-state index in [0.717, 1.165) is 0 Å². The first-order valence-corrected chi connectivity index (χ1v) is 17.9. The summed E-state index contributed by atoms with van der Waals surface area (Å²) in [5.41, 5.74) is -1.40. The zero-order valence-electron chi connectivity index (χ0n) is 31.1. The van der Waals surface area contributed by atoms with Gasteiger partial charge in [-0.05, 0) is 32.1 Å². The molecule has 0 heterocycles. The van der Waals surface area contributed by atoms with Gasteiger partial charge in [0.05, 0.1) is 103 Å². The third-order valence-corrected chi connectivity index (χ3v) is 6.88. The highest BCUT2D eigenvalue weighted by Crippen LogP contribution is 2.23. The molecule has 0 fully saturated rings. The fourth-order valence-corrected chi connectivity index (χ4v) is 4.12. The maximum absolute atomic E-state index is 10.6. The van der Waals surface area contributed by atoms with E-state index in [4.69, 9.17) is 78.7 Å². The van der Waals surface area contributed by atoms with E-state index in [1.54, 1.807) is 0 Å². The molecule has 0 unspecified atom stereocenters. The van der Waals surface area contributed by atoms with Crippen LogP contribution in [0.4, 0.5) is 0 Å². The summed E-state index contributed by atoms with van der Waals surface area (Å²) >= 11 is 0. The first-order chi connectivity index (χ1) is 25.6. The summed E-state index contributed by atoms with van der Waals surface area (Å²) in [5.74, 6) is -2.89. The number of carbonyl (C=O) groups is 3. The number of hydrogen-bond donors (Lipinski definition) is 8. The molecule has 0 aliphatic carbocycles. The Kier molecular flexibility index (Phi) is 67.9. The van der Waals surface area contributed by atoms with Gasteiger partial charge < -0.3 is 78.7 Å². The summed E-state index contributed by atoms with van der Waals surface area (Å²) in [5, 5.41) is 70.5. The van der Waals surface area contributed by atoms with E-state index in [0.29, 0.717) is 65.1 Å². The predicted molar refractivity (Wildman–Crippen MR) is 227 cm³/mol. The van der Waals surface area contributed by atoms with Crippen LogP contribution in [0.25, 0.3) is 0 Å². The third-order valence-electron chi connectivity index (χ3n) is 6.88. The maximum atomic E-state index is 10.6. The van der Waals surface area contributed by atoms with Crippen molar-refractivity contribution in [3.8, 4) is 0 Å². The molecule has 0 atom stereocenters. The highest BCUT2D eigenvalue weighted by atomic mass is 16.5. The van der Waals surface area contributed by atoms with Crippen LogP contribution in [0.15, 0.2) is 0 Å². The fourth-order valence-electron chi connectivity index (χ4n) is 4.12. The van der Waals surface area contributed by atoms with Crippen molar-refractivity contribution in [3.05, 3.63) is 0 Å². The van der Waals surface area contributed by atoms with Gasteiger partial charge in [-0.3, -0.25) is 14.4 Å². The second-order valence-electron chi connectivity index (χ2n) is 12.2. The molecule has 364 valence electrons. The average molecular weight is 875 g/mol. The molecule has 0 rings (SSSR count). The first-order valence-electron chi connectivity index (χ1n) is 17.9. The van der Waals surface area contributed by atoms with Crippen molar-refractivity contribution in [2.24, 2.45) is 10.8 Å². The molecule has 0 saturated heterocycles. The van der Waals surface area contributed by atoms with Crippen molar-refractivity contribution in [2.45, 2.75) is 95.9 Å². The van der Waals surface area contributed by atoms with Gasteiger partial charge in [0, 0.05) is 66.1 Å². The number of hydrogen-bond acceptors (Lipinski definition) is 16. The topological polar surface area (TPSA) is 287 Å². The van der Waals surface area contributed by atoms with Crippen LogP contribution in [-0.4, -0.2) is 198 Å². The van der Waals surface area contributed by atoms with Crippen LogP contribution >= 0.6 is 0 Å². The van der Waals surface area contributed by atoms with Crippen molar-refractivity contribution in [3.63, 3.8) is 0 Å². The number of aliphatic hydroxyl groups excluding tert-OH is 5. The van der Waals surface area contributed by atoms with Gasteiger partial charge >= 0.3 is 17.9 Å². The molecule has 0 spiro atoms. The average Bonchev–Trinajstić information content (AvgIpc) is 3.13. The summed E-state index contributed by atoms with van der Waals surface area (Å²) in [6.07, 6.45) is 2.05. The van der Waals surface area contributed by atoms with Crippen LogP contribution in [0.3, 0.4) is 0 Å². The molecule has 0 aromatic carbocycles. The van der Waals surface area contributed by atoms with Gasteiger partial charge in [-0.1, -0.05) is 44.6 Å². The lowest BCUT2D eigenvalue weighted by molar-refractivity contribution is -0.142. The van der Waals surface area contributed by atoms with Gasteiger partial charge in [0.25, 0.3) is 0 Å². The van der Waals surface area contributed by atoms with Gasteiger partial charge in [-0.2, -0.15) is 0 Å². The summed E-state index contributed by atoms with van der Waals surface area (Å²) in [4.78, 5) is 31.9. The van der Waals surface area contributed by atoms with Gasteiger partial charge in [-0.15, -0.1) is 0 Å². The highest BCUT2D eigenvalue weighted by Gasteiger charge is 2.34. The Morgan fingerprint density at radius 1 is 0.305 bits per heavy atom. The minimum absolute atomic E-state index is 0. The fraction of sp³-hybridized carbons (Fsp3) is 0.925. The zero-order chi connectivity index (χ0) is 39.9. The SMILES string of the molecule is C.C.C.C.C.C.O=C(O)CCOCC(COCCCO)(COCCCO)COCCC(=O)O.O=C(O)CCOCC(COCCCO)(COCCCO)COCCCO. The molecule has 0 aliphatic rings. The van der Waals surface area contributed by atoms with Crippen molar-refractivity contribution in [2.75, 3.05) is 139 Å². The first kappa shape index (κ1) is 74.3. The van der Waals surface area contributed by atoms with Gasteiger partial charge in [0.1, 0.15) is 0 Å². The minimum atomic E-state index is -0.975. The van der Waals surface area contributed by atoms with E-state index in [2.05, 4.69) is 0 Å². The lowest BCUT2D eigenvalue weighted by Gasteiger charge is -2.33. The Hall–Kier alpha value is -2.11. The summed E-state index contributed by atoms with van der Waals surface area (Å²) < 4.78 is 44.4. The van der Waals surface area contributed by atoms with E-state index >= 15 is 0 Å². The summed E-state index contributed by atoms with van der Waals surface area (Å²) in [7, 11) is 0. The van der Waals surface area contributed by atoms with Crippen LogP contribution in [0, 0.1) is 10.8 Å². The number of ether oxygens (including phenoxy) is 8. The van der Waals surface area contributed by atoms with Gasteiger partial charge in [-0.25, -0.2) is 0 Å². The number of carboxylic acids is 3. The molecule has 8 N–H and O–H groups in total. The largest absolute Gasteiger partial charge is 0.481 e. The number of rotatable bonds is 40. The van der Waals surface area contributed by atoms with Crippen molar-refractivity contribution in [1.82, 2.24) is 0 Å². The minimum Gasteiger partial charge on any atom is -0.481 e. The Labute approximate surface area is 356 Å². The summed E-state index contributed by atoms with van der Waals surface area (Å²) in [6, 6.07) is 0. The van der Waals surface area contributed by atoms with Crippen LogP contribution in [0.5, 0.6) is 0 Å². The van der Waals surface area contributed by atoms with Crippen LogP contribution in [0.2, 0.25) is 0 Å². The monoisotopic (exact) mass is 875 g/mol. The van der Waals surface area contributed by atoms with E-state index in [1.807, 2.05) is 0 Å². The third kappa shape index (κ3) is 50.2. The molecule has 0 aromatic rings. The number of aliphatic carboxylic acids is 3. The Morgan fingerprint density at radius 3 is 0.593 bits per heavy atom. The normalized spacial score (nSPS) is 10.5. The van der Waals surface area contributed by atoms with E-state index in [1.165, 1.54) is 0 Å². The van der Waals surface area contributed by atoms with Gasteiger partial charge in [0.15, 0.2) is 0 Å². The highest BCUT2D eigenvalue weighted by molar-refractivity contribution is 5.67. The quantitative estimate of drug-likeness (QED) is 0.0410. The summed E-state index contributed by atoms with van der Waals surface area (Å²) in [6.45, 7) is 3.46. The number of carboxylic acid groups (broad SMARTS) is 3. The van der Waals surface area contributed by atoms with Crippen LogP contribution in [0.1, 0.15) is 95.9 Å². The lowest BCUT2D eigenvalue weighted by Crippen LogP contribution is -2.42. The van der Waals surface area contributed by atoms with E-state index in [9.17, 15) is 14.4 Å². The Balaban J connectivity index is -0.000000133. The van der Waals surface area contributed by atoms with Gasteiger partial charge in [0.2, 0.25) is 0 Å². The Morgan fingerprint density at radius 2 is 0.458 bits per heavy atom. The predicted octanol–water partition coefficient (Wildman–Crippen LogP) is 3.23. The lowest BCUT2D eigenvalue weighted by atomic mass is 9.92.